The lowest BCUT2D eigenvalue weighted by atomic mass is 9.97. The quantitative estimate of drug-likeness (QED) is 0.132. The van der Waals surface area contributed by atoms with E-state index in [9.17, 15) is 9.59 Å². The fourth-order valence-corrected chi connectivity index (χ4v) is 6.33. The Labute approximate surface area is 306 Å². The second-order valence-electron chi connectivity index (χ2n) is 11.8. The molecule has 268 valence electrons. The van der Waals surface area contributed by atoms with Gasteiger partial charge >= 0.3 is 11.9 Å². The average molecular weight is 803 g/mol. The van der Waals surface area contributed by atoms with E-state index in [4.69, 9.17) is 42.6 Å². The highest BCUT2D eigenvalue weighted by molar-refractivity contribution is 14.1. The number of ether oxygens (including phenoxy) is 9. The van der Waals surface area contributed by atoms with Crippen LogP contribution in [0.3, 0.4) is 0 Å². The fraction of sp³-hybridized carbons (Fsp3) is 0.421. The third-order valence-corrected chi connectivity index (χ3v) is 8.93. The van der Waals surface area contributed by atoms with Crippen LogP contribution in [0.1, 0.15) is 30.5 Å². The predicted octanol–water partition coefficient (Wildman–Crippen LogP) is 5.67. The summed E-state index contributed by atoms with van der Waals surface area (Å²) < 4.78 is 56.0. The van der Waals surface area contributed by atoms with Crippen LogP contribution in [-0.4, -0.2) is 81.5 Å². The van der Waals surface area contributed by atoms with Crippen molar-refractivity contribution in [2.75, 3.05) is 20.3 Å². The van der Waals surface area contributed by atoms with Crippen LogP contribution < -0.4 is 0 Å². The summed E-state index contributed by atoms with van der Waals surface area (Å²) >= 11 is 2.08. The first-order chi connectivity index (χ1) is 24.3. The van der Waals surface area contributed by atoms with Gasteiger partial charge in [0.25, 0.3) is 0 Å². The fourth-order valence-electron chi connectivity index (χ4n) is 5.65. The van der Waals surface area contributed by atoms with Crippen molar-refractivity contribution in [3.8, 4) is 0 Å². The van der Waals surface area contributed by atoms with E-state index in [1.807, 2.05) is 91.0 Å². The molecule has 0 amide bonds. The maximum Gasteiger partial charge on any atom is 0.303 e. The summed E-state index contributed by atoms with van der Waals surface area (Å²) in [5, 5.41) is 0. The van der Waals surface area contributed by atoms with Crippen LogP contribution in [0.2, 0.25) is 0 Å². The van der Waals surface area contributed by atoms with Crippen molar-refractivity contribution in [1.82, 2.24) is 0 Å². The van der Waals surface area contributed by atoms with Crippen LogP contribution >= 0.6 is 22.6 Å². The first-order valence-corrected chi connectivity index (χ1v) is 17.5. The van der Waals surface area contributed by atoms with Crippen molar-refractivity contribution >= 4 is 34.5 Å². The molecule has 8 atom stereocenters. The number of carbonyl (C=O) groups excluding carboxylic acids is 2. The average Bonchev–Trinajstić information content (AvgIpc) is 3.12. The molecule has 0 spiro atoms. The highest BCUT2D eigenvalue weighted by atomic mass is 127. The molecule has 0 aromatic heterocycles. The molecule has 0 saturated carbocycles. The van der Waals surface area contributed by atoms with Gasteiger partial charge in [-0.05, 0) is 45.4 Å². The van der Waals surface area contributed by atoms with Crippen LogP contribution in [0.5, 0.6) is 0 Å². The van der Waals surface area contributed by atoms with Crippen molar-refractivity contribution in [1.29, 1.82) is 0 Å². The summed E-state index contributed by atoms with van der Waals surface area (Å²) in [7, 11) is 1.56. The highest BCUT2D eigenvalue weighted by Crippen LogP contribution is 2.33. The van der Waals surface area contributed by atoms with E-state index < -0.39 is 61.1 Å². The van der Waals surface area contributed by atoms with Gasteiger partial charge in [0, 0.05) is 24.5 Å². The van der Waals surface area contributed by atoms with Crippen molar-refractivity contribution in [3.63, 3.8) is 0 Å². The maximum atomic E-state index is 11.8. The number of hydrogen-bond acceptors (Lipinski definition) is 11. The molecule has 1 saturated heterocycles. The minimum atomic E-state index is -0.863. The number of esters is 2. The Kier molecular flexibility index (Phi) is 14.8. The number of carbonyl (C=O) groups is 2. The molecular weight excluding hydrogens is 759 g/mol. The first-order valence-electron chi connectivity index (χ1n) is 16.4. The molecule has 5 rings (SSSR count). The van der Waals surface area contributed by atoms with E-state index in [0.717, 1.165) is 16.7 Å². The van der Waals surface area contributed by atoms with Gasteiger partial charge in [0.1, 0.15) is 37.1 Å². The number of halogens is 1. The normalized spacial score (nSPS) is 26.5. The highest BCUT2D eigenvalue weighted by Gasteiger charge is 2.49. The molecule has 0 radical (unpaired) electrons. The lowest BCUT2D eigenvalue weighted by Gasteiger charge is -2.46. The second-order valence-corrected chi connectivity index (χ2v) is 13.1. The second kappa shape index (κ2) is 19.4. The third-order valence-electron chi connectivity index (χ3n) is 8.06. The van der Waals surface area contributed by atoms with E-state index in [1.54, 1.807) is 13.2 Å². The molecule has 2 aliphatic heterocycles. The van der Waals surface area contributed by atoms with Gasteiger partial charge in [-0.15, -0.1) is 0 Å². The van der Waals surface area contributed by atoms with Gasteiger partial charge in [-0.2, -0.15) is 0 Å². The lowest BCUT2D eigenvalue weighted by Crippen LogP contribution is -2.61. The molecule has 50 heavy (non-hydrogen) atoms. The van der Waals surface area contributed by atoms with Crippen LogP contribution in [0.25, 0.3) is 0 Å². The predicted molar refractivity (Wildman–Crippen MR) is 190 cm³/mol. The van der Waals surface area contributed by atoms with Crippen molar-refractivity contribution in [3.05, 3.63) is 117 Å². The summed E-state index contributed by atoms with van der Waals surface area (Å²) in [6.07, 6.45) is -4.15. The summed E-state index contributed by atoms with van der Waals surface area (Å²) in [6, 6.07) is 29.6. The van der Waals surface area contributed by atoms with E-state index in [1.165, 1.54) is 13.8 Å². The number of methoxy groups -OCH3 is 1. The van der Waals surface area contributed by atoms with Crippen LogP contribution in [0, 0.1) is 0 Å². The lowest BCUT2D eigenvalue weighted by molar-refractivity contribution is -0.327. The molecule has 2 aliphatic rings. The summed E-state index contributed by atoms with van der Waals surface area (Å²) in [5.41, 5.74) is 2.95. The zero-order valence-corrected chi connectivity index (χ0v) is 30.4. The van der Waals surface area contributed by atoms with Gasteiger partial charge in [0.05, 0.1) is 26.4 Å². The first kappa shape index (κ1) is 38.0. The summed E-state index contributed by atoms with van der Waals surface area (Å²) in [5.74, 6) is -0.974. The molecule has 1 fully saturated rings. The Balaban J connectivity index is 1.40. The van der Waals surface area contributed by atoms with E-state index in [0.29, 0.717) is 16.8 Å². The Morgan fingerprint density at radius 2 is 1.16 bits per heavy atom. The molecule has 3 aromatic carbocycles. The summed E-state index contributed by atoms with van der Waals surface area (Å²) in [6.45, 7) is 3.38. The summed E-state index contributed by atoms with van der Waals surface area (Å²) in [4.78, 5) is 23.4. The maximum absolute atomic E-state index is 11.8. The molecule has 0 N–H and O–H groups in total. The van der Waals surface area contributed by atoms with Gasteiger partial charge in [-0.1, -0.05) is 91.0 Å². The Hall–Kier alpha value is -3.21. The van der Waals surface area contributed by atoms with Crippen LogP contribution in [-0.2, 0) is 72.0 Å². The van der Waals surface area contributed by atoms with Gasteiger partial charge < -0.3 is 42.6 Å². The van der Waals surface area contributed by atoms with Crippen molar-refractivity contribution in [2.45, 2.75) is 82.9 Å². The van der Waals surface area contributed by atoms with Gasteiger partial charge in [-0.25, -0.2) is 0 Å². The molecule has 11 nitrogen and oxygen atoms in total. The van der Waals surface area contributed by atoms with E-state index in [2.05, 4.69) is 22.6 Å². The van der Waals surface area contributed by atoms with Crippen LogP contribution in [0.4, 0.5) is 0 Å². The smallest absolute Gasteiger partial charge is 0.303 e. The number of hydrogen-bond donors (Lipinski definition) is 0. The molecule has 0 bridgehead atoms. The molecular formula is C38H43IO11. The molecule has 2 heterocycles. The Morgan fingerprint density at radius 1 is 0.640 bits per heavy atom. The zero-order valence-electron chi connectivity index (χ0n) is 28.3. The monoisotopic (exact) mass is 802 g/mol. The minimum absolute atomic E-state index is 0.0133. The molecule has 3 aromatic rings. The SMILES string of the molecule is COC1OC(COC2OC(COC(C)=O)C(OC(C)=O)C=C2I)C(OCc2ccccc2)C(OCc2ccccc2)C1OCc1ccccc1. The van der Waals surface area contributed by atoms with Gasteiger partial charge in [0.2, 0.25) is 0 Å². The molecule has 0 aliphatic carbocycles. The molecule has 12 heteroatoms. The molecule has 8 unspecified atom stereocenters. The minimum Gasteiger partial charge on any atom is -0.463 e. The van der Waals surface area contributed by atoms with Gasteiger partial charge in [-0.3, -0.25) is 9.59 Å². The Morgan fingerprint density at radius 3 is 1.66 bits per heavy atom. The van der Waals surface area contributed by atoms with Gasteiger partial charge in [0.15, 0.2) is 18.7 Å². The number of benzene rings is 3. The van der Waals surface area contributed by atoms with E-state index in [-0.39, 0.29) is 19.8 Å². The number of rotatable bonds is 16. The van der Waals surface area contributed by atoms with Crippen molar-refractivity contribution < 1.29 is 52.2 Å². The Bertz CT molecular complexity index is 1510. The van der Waals surface area contributed by atoms with Crippen molar-refractivity contribution in [2.24, 2.45) is 0 Å². The standard InChI is InChI=1S/C38H43IO11/c1-25(40)43-23-32-31(48-26(2)41)19-30(39)37(49-32)47-24-33-34(44-20-27-13-7-4-8-14-27)35(45-21-28-15-9-5-10-16-28)36(38(42-3)50-33)46-22-29-17-11-6-12-18-29/h4-19,31-38H,20-24H2,1-3H3. The largest absolute Gasteiger partial charge is 0.463 e. The van der Waals surface area contributed by atoms with E-state index >= 15 is 0 Å². The van der Waals surface area contributed by atoms with Crippen LogP contribution in [0.15, 0.2) is 101 Å². The zero-order chi connectivity index (χ0) is 35.3. The third kappa shape index (κ3) is 11.1. The topological polar surface area (TPSA) is 117 Å².